The highest BCUT2D eigenvalue weighted by Crippen LogP contribution is 2.43. The van der Waals surface area contributed by atoms with Gasteiger partial charge in [0.2, 0.25) is 5.91 Å². The van der Waals surface area contributed by atoms with Crippen LogP contribution in [0.5, 0.6) is 0 Å². The molecule has 1 aromatic rings. The predicted octanol–water partition coefficient (Wildman–Crippen LogP) is 3.42. The first-order chi connectivity index (χ1) is 9.55. The Balaban J connectivity index is 2.63. The van der Waals surface area contributed by atoms with E-state index in [0.717, 1.165) is 18.4 Å². The Morgan fingerprint density at radius 2 is 2.10 bits per heavy atom. The number of hydrogen-bond donors (Lipinski definition) is 1. The van der Waals surface area contributed by atoms with E-state index < -0.39 is 0 Å². The molecule has 0 bridgehead atoms. The van der Waals surface area contributed by atoms with Crippen molar-refractivity contribution in [1.82, 2.24) is 5.32 Å². The van der Waals surface area contributed by atoms with Crippen LogP contribution in [0, 0.1) is 16.7 Å². The molecule has 0 fully saturated rings. The van der Waals surface area contributed by atoms with Gasteiger partial charge in [-0.15, -0.1) is 0 Å². The van der Waals surface area contributed by atoms with Crippen molar-refractivity contribution in [3.8, 4) is 6.07 Å². The number of amides is 1. The van der Waals surface area contributed by atoms with Gasteiger partial charge in [-0.05, 0) is 18.4 Å². The minimum absolute atomic E-state index is 0.0529. The normalized spacial score (nSPS) is 21.1. The average molecular weight is 268 g/mol. The lowest BCUT2D eigenvalue weighted by atomic mass is 9.69. The summed E-state index contributed by atoms with van der Waals surface area (Å²) in [6.07, 6.45) is 2.12. The van der Waals surface area contributed by atoms with E-state index in [4.69, 9.17) is 0 Å². The summed E-state index contributed by atoms with van der Waals surface area (Å²) < 4.78 is 0. The highest BCUT2D eigenvalue weighted by atomic mass is 16.1. The van der Waals surface area contributed by atoms with Crippen LogP contribution in [0.4, 0.5) is 0 Å². The van der Waals surface area contributed by atoms with E-state index in [2.05, 4.69) is 31.3 Å². The van der Waals surface area contributed by atoms with E-state index >= 15 is 0 Å². The van der Waals surface area contributed by atoms with Crippen LogP contribution in [0.1, 0.15) is 44.7 Å². The highest BCUT2D eigenvalue weighted by Gasteiger charge is 2.36. The number of allylic oxidation sites excluding steroid dienone is 1. The Kier molecular flexibility index (Phi) is 3.94. The van der Waals surface area contributed by atoms with Crippen LogP contribution in [-0.4, -0.2) is 5.91 Å². The second kappa shape index (κ2) is 5.50. The standard InChI is InChI=1S/C17H20N2O/c1-4-15(20)19-16-13-9-7-6-8-12(13)10-17(3,5-2)14(16)11-18/h6-9H,4-5,10H2,1-3H3,(H,19,20). The van der Waals surface area contributed by atoms with E-state index in [0.29, 0.717) is 17.7 Å². The van der Waals surface area contributed by atoms with Gasteiger partial charge in [0.25, 0.3) is 0 Å². The van der Waals surface area contributed by atoms with Crippen molar-refractivity contribution in [2.75, 3.05) is 0 Å². The molecule has 104 valence electrons. The van der Waals surface area contributed by atoms with Gasteiger partial charge in [0.1, 0.15) is 0 Å². The van der Waals surface area contributed by atoms with Crippen LogP contribution in [-0.2, 0) is 11.2 Å². The molecule has 1 atom stereocenters. The van der Waals surface area contributed by atoms with E-state index in [9.17, 15) is 10.1 Å². The highest BCUT2D eigenvalue weighted by molar-refractivity contribution is 5.90. The van der Waals surface area contributed by atoms with Crippen molar-refractivity contribution in [2.45, 2.75) is 40.0 Å². The van der Waals surface area contributed by atoms with Gasteiger partial charge < -0.3 is 5.32 Å². The maximum atomic E-state index is 11.8. The van der Waals surface area contributed by atoms with Crippen molar-refractivity contribution in [1.29, 1.82) is 5.26 Å². The van der Waals surface area contributed by atoms with E-state index in [-0.39, 0.29) is 11.3 Å². The molecule has 0 radical (unpaired) electrons. The summed E-state index contributed by atoms with van der Waals surface area (Å²) >= 11 is 0. The molecule has 0 saturated heterocycles. The topological polar surface area (TPSA) is 52.9 Å². The molecule has 1 unspecified atom stereocenters. The lowest BCUT2D eigenvalue weighted by Gasteiger charge is -2.35. The van der Waals surface area contributed by atoms with Crippen LogP contribution < -0.4 is 5.32 Å². The van der Waals surface area contributed by atoms with Crippen LogP contribution in [0.25, 0.3) is 5.70 Å². The second-order valence-electron chi connectivity index (χ2n) is 5.51. The molecule has 1 N–H and O–H groups in total. The molecule has 3 heteroatoms. The average Bonchev–Trinajstić information content (AvgIpc) is 2.47. The zero-order chi connectivity index (χ0) is 14.8. The van der Waals surface area contributed by atoms with Gasteiger partial charge in [0.05, 0.1) is 17.3 Å². The fraction of sp³-hybridized carbons (Fsp3) is 0.412. The van der Waals surface area contributed by atoms with Crippen molar-refractivity contribution < 1.29 is 4.79 Å². The summed E-state index contributed by atoms with van der Waals surface area (Å²) in [5, 5.41) is 12.5. The molecular weight excluding hydrogens is 248 g/mol. The Morgan fingerprint density at radius 1 is 1.40 bits per heavy atom. The van der Waals surface area contributed by atoms with E-state index in [1.807, 2.05) is 25.1 Å². The van der Waals surface area contributed by atoms with Crippen molar-refractivity contribution >= 4 is 11.6 Å². The maximum Gasteiger partial charge on any atom is 0.224 e. The first-order valence-corrected chi connectivity index (χ1v) is 7.08. The van der Waals surface area contributed by atoms with Gasteiger partial charge in [-0.2, -0.15) is 5.26 Å². The minimum atomic E-state index is -0.209. The zero-order valence-corrected chi connectivity index (χ0v) is 12.3. The lowest BCUT2D eigenvalue weighted by Crippen LogP contribution is -2.32. The van der Waals surface area contributed by atoms with Gasteiger partial charge in [0, 0.05) is 17.4 Å². The van der Waals surface area contributed by atoms with Gasteiger partial charge >= 0.3 is 0 Å². The van der Waals surface area contributed by atoms with E-state index in [1.165, 1.54) is 5.56 Å². The number of fused-ring (bicyclic) bond motifs is 1. The van der Waals surface area contributed by atoms with Crippen molar-refractivity contribution in [3.63, 3.8) is 0 Å². The smallest absolute Gasteiger partial charge is 0.224 e. The summed E-state index contributed by atoms with van der Waals surface area (Å²) in [4.78, 5) is 11.8. The van der Waals surface area contributed by atoms with Gasteiger partial charge in [-0.3, -0.25) is 4.79 Å². The Labute approximate surface area is 120 Å². The molecule has 0 spiro atoms. The summed E-state index contributed by atoms with van der Waals surface area (Å²) in [5.41, 5.74) is 3.37. The molecule has 1 aliphatic rings. The summed E-state index contributed by atoms with van der Waals surface area (Å²) in [6, 6.07) is 10.3. The van der Waals surface area contributed by atoms with Gasteiger partial charge in [0.15, 0.2) is 0 Å². The zero-order valence-electron chi connectivity index (χ0n) is 12.3. The monoisotopic (exact) mass is 268 g/mol. The Hall–Kier alpha value is -2.08. The molecule has 1 aliphatic carbocycles. The summed E-state index contributed by atoms with van der Waals surface area (Å²) in [5.74, 6) is -0.0529. The third kappa shape index (κ3) is 2.34. The second-order valence-corrected chi connectivity index (χ2v) is 5.51. The SMILES string of the molecule is CCC(=O)NC1=C(C#N)C(C)(CC)Cc2ccccc21. The van der Waals surface area contributed by atoms with E-state index in [1.54, 1.807) is 0 Å². The molecule has 20 heavy (non-hydrogen) atoms. The Bertz CT molecular complexity index is 610. The number of rotatable bonds is 3. The van der Waals surface area contributed by atoms with Crippen molar-refractivity contribution in [2.24, 2.45) is 5.41 Å². The number of nitrogens with one attached hydrogen (secondary N) is 1. The number of hydrogen-bond acceptors (Lipinski definition) is 2. The Morgan fingerprint density at radius 3 is 2.70 bits per heavy atom. The fourth-order valence-electron chi connectivity index (χ4n) is 2.71. The molecule has 1 amide bonds. The van der Waals surface area contributed by atoms with Crippen LogP contribution in [0.2, 0.25) is 0 Å². The molecule has 0 heterocycles. The van der Waals surface area contributed by atoms with Crippen molar-refractivity contribution in [3.05, 3.63) is 41.0 Å². The fourth-order valence-corrected chi connectivity index (χ4v) is 2.71. The molecule has 0 aliphatic heterocycles. The molecule has 1 aromatic carbocycles. The molecule has 0 aromatic heterocycles. The summed E-state index contributed by atoms with van der Waals surface area (Å²) in [7, 11) is 0. The third-order valence-corrected chi connectivity index (χ3v) is 4.20. The van der Waals surface area contributed by atoms with Crippen LogP contribution in [0.15, 0.2) is 29.8 Å². The third-order valence-electron chi connectivity index (χ3n) is 4.20. The maximum absolute atomic E-state index is 11.8. The van der Waals surface area contributed by atoms with Crippen LogP contribution in [0.3, 0.4) is 0 Å². The number of carbonyl (C=O) groups is 1. The minimum Gasteiger partial charge on any atom is -0.325 e. The quantitative estimate of drug-likeness (QED) is 0.913. The molecule has 0 saturated carbocycles. The van der Waals surface area contributed by atoms with Crippen LogP contribution >= 0.6 is 0 Å². The molecule has 3 nitrogen and oxygen atoms in total. The number of nitriles is 1. The first-order valence-electron chi connectivity index (χ1n) is 7.08. The first kappa shape index (κ1) is 14.3. The molecular formula is C17H20N2O. The predicted molar refractivity (Wildman–Crippen MR) is 79.5 cm³/mol. The van der Waals surface area contributed by atoms with Gasteiger partial charge in [-0.1, -0.05) is 45.0 Å². The molecule has 2 rings (SSSR count). The lowest BCUT2D eigenvalue weighted by molar-refractivity contribution is -0.119. The summed E-state index contributed by atoms with van der Waals surface area (Å²) in [6.45, 7) is 6.00. The number of benzene rings is 1. The largest absolute Gasteiger partial charge is 0.325 e. The number of carbonyl (C=O) groups excluding carboxylic acids is 1. The van der Waals surface area contributed by atoms with Gasteiger partial charge in [-0.25, -0.2) is 0 Å². The number of nitrogens with zero attached hydrogens (tertiary/aromatic N) is 1.